The van der Waals surface area contributed by atoms with Crippen LogP contribution in [0.15, 0.2) is 24.3 Å². The maximum absolute atomic E-state index is 12.9. The maximum atomic E-state index is 12.9. The van der Waals surface area contributed by atoms with Gasteiger partial charge in [0.2, 0.25) is 0 Å². The van der Waals surface area contributed by atoms with E-state index in [9.17, 15) is 14.4 Å². The Bertz CT molecular complexity index is 1070. The molecule has 0 aliphatic carbocycles. The molecule has 1 unspecified atom stereocenters. The van der Waals surface area contributed by atoms with Crippen molar-refractivity contribution in [1.82, 2.24) is 0 Å². The van der Waals surface area contributed by atoms with E-state index in [4.69, 9.17) is 14.2 Å². The predicted octanol–water partition coefficient (Wildman–Crippen LogP) is 19.5. The second-order valence-corrected chi connectivity index (χ2v) is 19.9. The topological polar surface area (TPSA) is 78.9 Å². The molecule has 0 aromatic heterocycles. The lowest BCUT2D eigenvalue weighted by atomic mass is 10.0. The summed E-state index contributed by atoms with van der Waals surface area (Å²) in [6.07, 6.45) is 64.5. The molecule has 0 amide bonds. The number of unbranched alkanes of at least 4 members (excludes halogenated alkanes) is 39. The van der Waals surface area contributed by atoms with Gasteiger partial charge in [0.1, 0.15) is 13.2 Å². The highest BCUT2D eigenvalue weighted by Gasteiger charge is 2.19. The smallest absolute Gasteiger partial charge is 0.306 e. The second-order valence-electron chi connectivity index (χ2n) is 19.9. The fraction of sp³-hybridized carbons (Fsp3) is 0.883. The Kier molecular flexibility index (Phi) is 53.7. The summed E-state index contributed by atoms with van der Waals surface area (Å²) in [4.78, 5) is 38.1. The van der Waals surface area contributed by atoms with Gasteiger partial charge in [-0.15, -0.1) is 0 Å². The van der Waals surface area contributed by atoms with E-state index in [0.29, 0.717) is 19.3 Å². The van der Waals surface area contributed by atoms with E-state index in [1.807, 2.05) is 0 Å². The Hall–Kier alpha value is -2.11. The van der Waals surface area contributed by atoms with Crippen molar-refractivity contribution in [3.63, 3.8) is 0 Å². The minimum Gasteiger partial charge on any atom is -0.462 e. The summed E-state index contributed by atoms with van der Waals surface area (Å²) in [6, 6.07) is 0. The number of carbonyl (C=O) groups excluding carboxylic acids is 3. The van der Waals surface area contributed by atoms with Crippen LogP contribution in [0.4, 0.5) is 0 Å². The first-order chi connectivity index (χ1) is 32.5. The quantitative estimate of drug-likeness (QED) is 0.0262. The van der Waals surface area contributed by atoms with Gasteiger partial charge in [-0.3, -0.25) is 14.4 Å². The third-order valence-electron chi connectivity index (χ3n) is 13.2. The van der Waals surface area contributed by atoms with Gasteiger partial charge in [0.15, 0.2) is 6.10 Å². The van der Waals surface area contributed by atoms with Crippen LogP contribution in [0.2, 0.25) is 0 Å². The van der Waals surface area contributed by atoms with Crippen LogP contribution in [-0.2, 0) is 28.6 Å². The lowest BCUT2D eigenvalue weighted by molar-refractivity contribution is -0.167. The van der Waals surface area contributed by atoms with Crippen LogP contribution < -0.4 is 0 Å². The fourth-order valence-electron chi connectivity index (χ4n) is 8.73. The SMILES string of the molecule is CCCCCCCCC/C=C\CCCCCCCCCC(=O)OCC(COC(=O)CCCCCCCCCCCCCC)OC(=O)CCCCCCCCC/C=C\CCCCCCCCC. The van der Waals surface area contributed by atoms with E-state index in [1.54, 1.807) is 0 Å². The minimum atomic E-state index is -0.771. The van der Waals surface area contributed by atoms with Gasteiger partial charge >= 0.3 is 17.9 Å². The van der Waals surface area contributed by atoms with Crippen molar-refractivity contribution in [2.75, 3.05) is 13.2 Å². The molecule has 0 spiro atoms. The molecule has 6 nitrogen and oxygen atoms in total. The summed E-state index contributed by atoms with van der Waals surface area (Å²) < 4.78 is 16.9. The van der Waals surface area contributed by atoms with Gasteiger partial charge < -0.3 is 14.2 Å². The lowest BCUT2D eigenvalue weighted by Gasteiger charge is -2.18. The third-order valence-corrected chi connectivity index (χ3v) is 13.2. The molecule has 0 aliphatic rings. The van der Waals surface area contributed by atoms with Gasteiger partial charge in [-0.25, -0.2) is 0 Å². The van der Waals surface area contributed by atoms with Gasteiger partial charge in [-0.05, 0) is 70.6 Å². The first-order valence-electron chi connectivity index (χ1n) is 29.3. The van der Waals surface area contributed by atoms with E-state index in [0.717, 1.165) is 57.8 Å². The van der Waals surface area contributed by atoms with Gasteiger partial charge in [-0.1, -0.05) is 257 Å². The van der Waals surface area contributed by atoms with Crippen LogP contribution in [0.1, 0.15) is 323 Å². The summed E-state index contributed by atoms with van der Waals surface area (Å²) in [5, 5.41) is 0. The van der Waals surface area contributed by atoms with Gasteiger partial charge in [0.05, 0.1) is 0 Å². The van der Waals surface area contributed by atoms with E-state index >= 15 is 0 Å². The molecular weight excluding hydrogens is 817 g/mol. The van der Waals surface area contributed by atoms with Gasteiger partial charge in [0, 0.05) is 19.3 Å². The minimum absolute atomic E-state index is 0.0700. The maximum Gasteiger partial charge on any atom is 0.306 e. The molecule has 1 atom stereocenters. The van der Waals surface area contributed by atoms with Crippen molar-refractivity contribution in [3.05, 3.63) is 24.3 Å². The fourth-order valence-corrected chi connectivity index (χ4v) is 8.73. The number of esters is 3. The van der Waals surface area contributed by atoms with Crippen LogP contribution in [-0.4, -0.2) is 37.2 Å². The van der Waals surface area contributed by atoms with E-state index in [1.165, 1.54) is 225 Å². The van der Waals surface area contributed by atoms with Crippen molar-refractivity contribution in [2.24, 2.45) is 0 Å². The predicted molar refractivity (Wildman–Crippen MR) is 284 cm³/mol. The molecule has 0 fully saturated rings. The Morgan fingerprint density at radius 1 is 0.288 bits per heavy atom. The molecule has 0 saturated carbocycles. The number of allylic oxidation sites excluding steroid dienone is 4. The highest BCUT2D eigenvalue weighted by atomic mass is 16.6. The molecule has 0 aliphatic heterocycles. The summed E-state index contributed by atoms with van der Waals surface area (Å²) in [5.41, 5.74) is 0. The molecule has 6 heteroatoms. The zero-order valence-corrected chi connectivity index (χ0v) is 44.5. The highest BCUT2D eigenvalue weighted by molar-refractivity contribution is 5.71. The number of hydrogen-bond donors (Lipinski definition) is 0. The average Bonchev–Trinajstić information content (AvgIpc) is 3.31. The molecule has 66 heavy (non-hydrogen) atoms. The van der Waals surface area contributed by atoms with Crippen molar-refractivity contribution < 1.29 is 28.6 Å². The van der Waals surface area contributed by atoms with Crippen LogP contribution in [0.25, 0.3) is 0 Å². The Morgan fingerprint density at radius 3 is 0.758 bits per heavy atom. The standard InChI is InChI=1S/C60H112O6/c1-4-7-10-13-16-19-22-25-27-29-31-33-35-38-41-44-47-50-53-59(62)65-56-57(55-64-58(61)52-49-46-43-40-37-24-21-18-15-12-9-6-3)66-60(63)54-51-48-45-42-39-36-34-32-30-28-26-23-20-17-14-11-8-5-2/h27-30,57H,4-26,31-56H2,1-3H3/b29-27-,30-28-. The Labute approximate surface area is 411 Å². The molecule has 0 heterocycles. The molecule has 0 aromatic rings. The monoisotopic (exact) mass is 929 g/mol. The van der Waals surface area contributed by atoms with Crippen LogP contribution in [0.3, 0.4) is 0 Å². The van der Waals surface area contributed by atoms with Crippen molar-refractivity contribution >= 4 is 17.9 Å². The number of rotatable bonds is 54. The summed E-state index contributed by atoms with van der Waals surface area (Å²) in [7, 11) is 0. The normalized spacial score (nSPS) is 12.1. The zero-order valence-electron chi connectivity index (χ0n) is 44.5. The number of carbonyl (C=O) groups is 3. The van der Waals surface area contributed by atoms with E-state index < -0.39 is 6.10 Å². The van der Waals surface area contributed by atoms with Crippen LogP contribution in [0.5, 0.6) is 0 Å². The summed E-state index contributed by atoms with van der Waals surface area (Å²) in [6.45, 7) is 6.67. The molecule has 0 bridgehead atoms. The van der Waals surface area contributed by atoms with E-state index in [-0.39, 0.29) is 31.1 Å². The number of hydrogen-bond acceptors (Lipinski definition) is 6. The summed E-state index contributed by atoms with van der Waals surface area (Å²) >= 11 is 0. The second kappa shape index (κ2) is 55.5. The average molecular weight is 930 g/mol. The Balaban J connectivity index is 4.32. The molecular formula is C60H112O6. The molecule has 0 rings (SSSR count). The molecule has 0 aromatic carbocycles. The van der Waals surface area contributed by atoms with E-state index in [2.05, 4.69) is 45.1 Å². The third kappa shape index (κ3) is 52.9. The highest BCUT2D eigenvalue weighted by Crippen LogP contribution is 2.16. The van der Waals surface area contributed by atoms with Gasteiger partial charge in [0.25, 0.3) is 0 Å². The summed E-state index contributed by atoms with van der Waals surface area (Å²) in [5.74, 6) is -0.859. The van der Waals surface area contributed by atoms with Crippen LogP contribution in [0, 0.1) is 0 Å². The first kappa shape index (κ1) is 63.9. The lowest BCUT2D eigenvalue weighted by Crippen LogP contribution is -2.30. The van der Waals surface area contributed by atoms with Gasteiger partial charge in [-0.2, -0.15) is 0 Å². The number of ether oxygens (including phenoxy) is 3. The van der Waals surface area contributed by atoms with Crippen LogP contribution >= 0.6 is 0 Å². The van der Waals surface area contributed by atoms with Crippen molar-refractivity contribution in [3.8, 4) is 0 Å². The molecule has 0 saturated heterocycles. The molecule has 388 valence electrons. The van der Waals surface area contributed by atoms with Crippen molar-refractivity contribution in [2.45, 2.75) is 329 Å². The van der Waals surface area contributed by atoms with Crippen molar-refractivity contribution in [1.29, 1.82) is 0 Å². The zero-order chi connectivity index (χ0) is 47.9. The molecule has 0 N–H and O–H groups in total. The molecule has 0 radical (unpaired) electrons. The largest absolute Gasteiger partial charge is 0.462 e. The Morgan fingerprint density at radius 2 is 0.500 bits per heavy atom. The first-order valence-corrected chi connectivity index (χ1v) is 29.3.